The first-order chi connectivity index (χ1) is 10.6. The van der Waals surface area contributed by atoms with Gasteiger partial charge in [0.15, 0.2) is 0 Å². The number of amides is 1. The first kappa shape index (κ1) is 14.7. The van der Waals surface area contributed by atoms with Crippen LogP contribution in [0.3, 0.4) is 0 Å². The quantitative estimate of drug-likeness (QED) is 0.907. The highest BCUT2D eigenvalue weighted by molar-refractivity contribution is 5.92. The molecule has 3 rings (SSSR count). The van der Waals surface area contributed by atoms with Gasteiger partial charge in [-0.2, -0.15) is 5.10 Å². The molecule has 1 saturated heterocycles. The van der Waals surface area contributed by atoms with Crippen molar-refractivity contribution in [3.63, 3.8) is 0 Å². The molecule has 116 valence electrons. The Morgan fingerprint density at radius 2 is 2.36 bits per heavy atom. The van der Waals surface area contributed by atoms with Crippen molar-refractivity contribution in [1.82, 2.24) is 20.5 Å². The molecule has 0 aromatic carbocycles. The number of carbonyl (C=O) groups is 1. The van der Waals surface area contributed by atoms with E-state index < -0.39 is 0 Å². The van der Waals surface area contributed by atoms with E-state index in [1.54, 1.807) is 18.5 Å². The van der Waals surface area contributed by atoms with Crippen molar-refractivity contribution in [2.24, 2.45) is 0 Å². The molecule has 0 unspecified atom stereocenters. The number of H-pyrrole nitrogens is 1. The van der Waals surface area contributed by atoms with Gasteiger partial charge in [-0.25, -0.2) is 0 Å². The maximum absolute atomic E-state index is 12.3. The molecule has 1 aliphatic heterocycles. The van der Waals surface area contributed by atoms with Crippen molar-refractivity contribution in [1.29, 1.82) is 0 Å². The van der Waals surface area contributed by atoms with Crippen molar-refractivity contribution in [3.8, 4) is 0 Å². The average molecular weight is 300 g/mol. The summed E-state index contributed by atoms with van der Waals surface area (Å²) in [6.45, 7) is 4.74. The molecule has 0 spiro atoms. The van der Waals surface area contributed by atoms with Crippen LogP contribution in [0, 0.1) is 0 Å². The topological polar surface area (TPSA) is 79.9 Å². The second-order valence-electron chi connectivity index (χ2n) is 5.81. The highest BCUT2D eigenvalue weighted by atomic mass is 16.5. The van der Waals surface area contributed by atoms with Crippen LogP contribution in [0.4, 0.5) is 0 Å². The summed E-state index contributed by atoms with van der Waals surface area (Å²) in [6.07, 6.45) is 4.14. The molecule has 1 amide bonds. The third-order valence-corrected chi connectivity index (χ3v) is 3.87. The van der Waals surface area contributed by atoms with Crippen LogP contribution in [0.2, 0.25) is 0 Å². The number of nitrogens with zero attached hydrogens (tertiary/aromatic N) is 2. The Kier molecular flexibility index (Phi) is 4.20. The fourth-order valence-electron chi connectivity index (χ4n) is 2.60. The van der Waals surface area contributed by atoms with Crippen LogP contribution in [0.15, 0.2) is 30.6 Å². The molecule has 0 aliphatic carbocycles. The maximum atomic E-state index is 12.3. The summed E-state index contributed by atoms with van der Waals surface area (Å²) in [5, 5.41) is 10.0. The van der Waals surface area contributed by atoms with Gasteiger partial charge in [-0.05, 0) is 24.5 Å². The molecule has 2 aromatic heterocycles. The molecule has 2 atom stereocenters. The van der Waals surface area contributed by atoms with Gasteiger partial charge >= 0.3 is 0 Å². The highest BCUT2D eigenvalue weighted by Crippen LogP contribution is 2.28. The standard InChI is InChI=1S/C16H20N4O2/c1-10(2)13-8-14(20-19-13)16(21)18-12-5-7-22-15(12)11-4-3-6-17-9-11/h3-4,6,8-10,12,15H,5,7H2,1-2H3,(H,18,21)(H,19,20)/t12-,15+/m0/s1. The largest absolute Gasteiger partial charge is 0.371 e. The number of aromatic nitrogens is 3. The molecule has 0 saturated carbocycles. The predicted molar refractivity (Wildman–Crippen MR) is 81.5 cm³/mol. The summed E-state index contributed by atoms with van der Waals surface area (Å²) in [5.74, 6) is 0.138. The number of hydrogen-bond donors (Lipinski definition) is 2. The van der Waals surface area contributed by atoms with Crippen molar-refractivity contribution in [3.05, 3.63) is 47.5 Å². The Hall–Kier alpha value is -2.21. The molecule has 0 radical (unpaired) electrons. The SMILES string of the molecule is CC(C)c1cc(C(=O)N[C@H]2CCO[C@@H]2c2cccnc2)n[nH]1. The van der Waals surface area contributed by atoms with Gasteiger partial charge in [-0.15, -0.1) is 0 Å². The van der Waals surface area contributed by atoms with E-state index in [2.05, 4.69) is 34.3 Å². The van der Waals surface area contributed by atoms with E-state index in [0.717, 1.165) is 17.7 Å². The van der Waals surface area contributed by atoms with E-state index in [4.69, 9.17) is 4.74 Å². The lowest BCUT2D eigenvalue weighted by Crippen LogP contribution is -2.37. The molecule has 0 bridgehead atoms. The van der Waals surface area contributed by atoms with Crippen LogP contribution in [-0.4, -0.2) is 33.7 Å². The van der Waals surface area contributed by atoms with Gasteiger partial charge in [0.1, 0.15) is 11.8 Å². The molecule has 6 nitrogen and oxygen atoms in total. The van der Waals surface area contributed by atoms with E-state index in [0.29, 0.717) is 18.2 Å². The number of nitrogens with one attached hydrogen (secondary N) is 2. The third kappa shape index (κ3) is 3.01. The minimum absolute atomic E-state index is 0.0594. The monoisotopic (exact) mass is 300 g/mol. The zero-order valence-corrected chi connectivity index (χ0v) is 12.7. The third-order valence-electron chi connectivity index (χ3n) is 3.87. The number of aromatic amines is 1. The molecule has 22 heavy (non-hydrogen) atoms. The summed E-state index contributed by atoms with van der Waals surface area (Å²) in [4.78, 5) is 16.5. The molecule has 1 aliphatic rings. The van der Waals surface area contributed by atoms with Gasteiger partial charge in [0.05, 0.1) is 6.04 Å². The molecule has 3 heterocycles. The highest BCUT2D eigenvalue weighted by Gasteiger charge is 2.31. The summed E-state index contributed by atoms with van der Waals surface area (Å²) in [5.41, 5.74) is 2.35. The number of ether oxygens (including phenoxy) is 1. The molecular formula is C16H20N4O2. The second kappa shape index (κ2) is 6.27. The lowest BCUT2D eigenvalue weighted by Gasteiger charge is -2.19. The Labute approximate surface area is 129 Å². The lowest BCUT2D eigenvalue weighted by molar-refractivity contribution is 0.0817. The average Bonchev–Trinajstić information content (AvgIpc) is 3.17. The van der Waals surface area contributed by atoms with Crippen molar-refractivity contribution in [2.75, 3.05) is 6.61 Å². The molecule has 2 N–H and O–H groups in total. The van der Waals surface area contributed by atoms with Gasteiger partial charge in [-0.1, -0.05) is 19.9 Å². The van der Waals surface area contributed by atoms with E-state index in [-0.39, 0.29) is 18.1 Å². The Morgan fingerprint density at radius 1 is 1.50 bits per heavy atom. The maximum Gasteiger partial charge on any atom is 0.272 e. The van der Waals surface area contributed by atoms with E-state index in [1.165, 1.54) is 0 Å². The van der Waals surface area contributed by atoms with Crippen LogP contribution < -0.4 is 5.32 Å². The minimum Gasteiger partial charge on any atom is -0.371 e. The van der Waals surface area contributed by atoms with Crippen LogP contribution in [0.1, 0.15) is 54.0 Å². The van der Waals surface area contributed by atoms with Gasteiger partial charge in [-0.3, -0.25) is 14.9 Å². The summed E-state index contributed by atoms with van der Waals surface area (Å²) in [7, 11) is 0. The molecular weight excluding hydrogens is 280 g/mol. The van der Waals surface area contributed by atoms with E-state index in [9.17, 15) is 4.79 Å². The predicted octanol–water partition coefficient (Wildman–Crippen LogP) is 2.19. The minimum atomic E-state index is -0.174. The smallest absolute Gasteiger partial charge is 0.272 e. The van der Waals surface area contributed by atoms with Crippen LogP contribution in [0.5, 0.6) is 0 Å². The Balaban J connectivity index is 1.70. The van der Waals surface area contributed by atoms with E-state index >= 15 is 0 Å². The second-order valence-corrected chi connectivity index (χ2v) is 5.81. The normalized spacial score (nSPS) is 21.2. The van der Waals surface area contributed by atoms with E-state index in [1.807, 2.05) is 12.1 Å². The zero-order valence-electron chi connectivity index (χ0n) is 12.7. The first-order valence-electron chi connectivity index (χ1n) is 7.53. The van der Waals surface area contributed by atoms with Crippen LogP contribution in [-0.2, 0) is 4.74 Å². The lowest BCUT2D eigenvalue weighted by atomic mass is 10.0. The van der Waals surface area contributed by atoms with Crippen molar-refractivity contribution >= 4 is 5.91 Å². The fourth-order valence-corrected chi connectivity index (χ4v) is 2.60. The van der Waals surface area contributed by atoms with Gasteiger partial charge < -0.3 is 10.1 Å². The fraction of sp³-hybridized carbons (Fsp3) is 0.438. The van der Waals surface area contributed by atoms with Crippen molar-refractivity contribution in [2.45, 2.75) is 38.3 Å². The summed E-state index contributed by atoms with van der Waals surface area (Å²) < 4.78 is 5.75. The van der Waals surface area contributed by atoms with Crippen molar-refractivity contribution < 1.29 is 9.53 Å². The van der Waals surface area contributed by atoms with Gasteiger partial charge in [0, 0.05) is 30.3 Å². The summed E-state index contributed by atoms with van der Waals surface area (Å²) in [6, 6.07) is 5.58. The van der Waals surface area contributed by atoms with Crippen LogP contribution >= 0.6 is 0 Å². The number of hydrogen-bond acceptors (Lipinski definition) is 4. The van der Waals surface area contributed by atoms with Gasteiger partial charge in [0.25, 0.3) is 5.91 Å². The Morgan fingerprint density at radius 3 is 3.05 bits per heavy atom. The van der Waals surface area contributed by atoms with Crippen LogP contribution in [0.25, 0.3) is 0 Å². The Bertz CT molecular complexity index is 639. The molecule has 2 aromatic rings. The number of rotatable bonds is 4. The number of pyridine rings is 1. The number of carbonyl (C=O) groups excluding carboxylic acids is 1. The molecule has 1 fully saturated rings. The molecule has 6 heteroatoms. The van der Waals surface area contributed by atoms with Gasteiger partial charge in [0.2, 0.25) is 0 Å². The first-order valence-corrected chi connectivity index (χ1v) is 7.53. The zero-order chi connectivity index (χ0) is 15.5. The summed E-state index contributed by atoms with van der Waals surface area (Å²) >= 11 is 0.